The Bertz CT molecular complexity index is 493. The molecule has 21 heavy (non-hydrogen) atoms. The Kier molecular flexibility index (Phi) is 5.46. The normalized spacial score (nSPS) is 19.6. The molecule has 0 heterocycles. The SMILES string of the molecule is CN=C(NCC1CC1)NCC1(c2ccc(F)cc2)CC1.I. The first-order valence-corrected chi connectivity index (χ1v) is 7.42. The fourth-order valence-electron chi connectivity index (χ4n) is 2.56. The summed E-state index contributed by atoms with van der Waals surface area (Å²) in [5, 5.41) is 6.78. The molecule has 1 aromatic rings. The number of nitrogens with zero attached hydrogens (tertiary/aromatic N) is 1. The average Bonchev–Trinajstić information content (AvgIpc) is 3.35. The molecule has 3 nitrogen and oxygen atoms in total. The molecule has 116 valence electrons. The molecule has 0 radical (unpaired) electrons. The van der Waals surface area contributed by atoms with Crippen LogP contribution in [0.1, 0.15) is 31.2 Å². The number of rotatable bonds is 5. The summed E-state index contributed by atoms with van der Waals surface area (Å²) in [4.78, 5) is 4.26. The van der Waals surface area contributed by atoms with Crippen LogP contribution in [0, 0.1) is 11.7 Å². The molecule has 3 rings (SSSR count). The fourth-order valence-corrected chi connectivity index (χ4v) is 2.56. The van der Waals surface area contributed by atoms with Gasteiger partial charge in [0.05, 0.1) is 0 Å². The van der Waals surface area contributed by atoms with Gasteiger partial charge in [-0.05, 0) is 49.3 Å². The van der Waals surface area contributed by atoms with E-state index in [1.54, 1.807) is 19.2 Å². The minimum Gasteiger partial charge on any atom is -0.356 e. The predicted molar refractivity (Wildman–Crippen MR) is 94.8 cm³/mol. The highest BCUT2D eigenvalue weighted by molar-refractivity contribution is 14.0. The van der Waals surface area contributed by atoms with Crippen molar-refractivity contribution in [3.63, 3.8) is 0 Å². The monoisotopic (exact) mass is 403 g/mol. The van der Waals surface area contributed by atoms with Crippen molar-refractivity contribution in [2.45, 2.75) is 31.1 Å². The summed E-state index contributed by atoms with van der Waals surface area (Å²) in [5.41, 5.74) is 1.40. The van der Waals surface area contributed by atoms with Gasteiger partial charge in [-0.15, -0.1) is 24.0 Å². The van der Waals surface area contributed by atoms with Crippen LogP contribution in [-0.2, 0) is 5.41 Å². The van der Waals surface area contributed by atoms with Crippen LogP contribution >= 0.6 is 24.0 Å². The van der Waals surface area contributed by atoms with Crippen LogP contribution < -0.4 is 10.6 Å². The van der Waals surface area contributed by atoms with Crippen molar-refractivity contribution in [1.82, 2.24) is 10.6 Å². The van der Waals surface area contributed by atoms with Crippen molar-refractivity contribution in [3.05, 3.63) is 35.6 Å². The van der Waals surface area contributed by atoms with Gasteiger partial charge in [0.15, 0.2) is 5.96 Å². The first-order valence-electron chi connectivity index (χ1n) is 7.42. The Hall–Kier alpha value is -0.850. The van der Waals surface area contributed by atoms with Crippen LogP contribution in [0.5, 0.6) is 0 Å². The van der Waals surface area contributed by atoms with Gasteiger partial charge in [-0.3, -0.25) is 4.99 Å². The van der Waals surface area contributed by atoms with Gasteiger partial charge in [0.2, 0.25) is 0 Å². The lowest BCUT2D eigenvalue weighted by Crippen LogP contribution is -2.41. The Morgan fingerprint density at radius 3 is 2.43 bits per heavy atom. The summed E-state index contributed by atoms with van der Waals surface area (Å²) in [7, 11) is 1.81. The van der Waals surface area contributed by atoms with Gasteiger partial charge in [0, 0.05) is 25.6 Å². The van der Waals surface area contributed by atoms with Crippen molar-refractivity contribution in [1.29, 1.82) is 0 Å². The number of hydrogen-bond donors (Lipinski definition) is 2. The molecule has 0 aliphatic heterocycles. The quantitative estimate of drug-likeness (QED) is 0.451. The highest BCUT2D eigenvalue weighted by Crippen LogP contribution is 2.47. The van der Waals surface area contributed by atoms with E-state index in [1.165, 1.54) is 18.4 Å². The zero-order valence-electron chi connectivity index (χ0n) is 12.4. The maximum absolute atomic E-state index is 13.0. The first kappa shape index (κ1) is 16.5. The molecule has 5 heteroatoms. The molecule has 0 amide bonds. The van der Waals surface area contributed by atoms with Gasteiger partial charge in [0.25, 0.3) is 0 Å². The molecule has 0 unspecified atom stereocenters. The zero-order valence-corrected chi connectivity index (χ0v) is 14.7. The second kappa shape index (κ2) is 6.94. The molecule has 0 aromatic heterocycles. The number of guanidine groups is 1. The third kappa shape index (κ3) is 4.31. The van der Waals surface area contributed by atoms with E-state index in [2.05, 4.69) is 15.6 Å². The molecule has 0 bridgehead atoms. The van der Waals surface area contributed by atoms with E-state index in [0.717, 1.165) is 37.8 Å². The van der Waals surface area contributed by atoms with Gasteiger partial charge < -0.3 is 10.6 Å². The number of hydrogen-bond acceptors (Lipinski definition) is 1. The van der Waals surface area contributed by atoms with Crippen molar-refractivity contribution >= 4 is 29.9 Å². The second-order valence-electron chi connectivity index (χ2n) is 6.04. The zero-order chi connectivity index (χ0) is 14.0. The molecule has 2 aliphatic carbocycles. The summed E-state index contributed by atoms with van der Waals surface area (Å²) >= 11 is 0. The van der Waals surface area contributed by atoms with E-state index in [0.29, 0.717) is 0 Å². The summed E-state index contributed by atoms with van der Waals surface area (Å²) in [6, 6.07) is 6.92. The molecule has 0 spiro atoms. The second-order valence-corrected chi connectivity index (χ2v) is 6.04. The lowest BCUT2D eigenvalue weighted by Gasteiger charge is -2.19. The smallest absolute Gasteiger partial charge is 0.191 e. The lowest BCUT2D eigenvalue weighted by atomic mass is 9.96. The summed E-state index contributed by atoms with van der Waals surface area (Å²) in [6.45, 7) is 1.88. The highest BCUT2D eigenvalue weighted by Gasteiger charge is 2.44. The third-order valence-electron chi connectivity index (χ3n) is 4.38. The average molecular weight is 403 g/mol. The molecular formula is C16H23FIN3. The first-order chi connectivity index (χ1) is 9.72. The van der Waals surface area contributed by atoms with Crippen LogP contribution in [0.15, 0.2) is 29.3 Å². The van der Waals surface area contributed by atoms with Gasteiger partial charge in [-0.25, -0.2) is 4.39 Å². The Balaban J connectivity index is 0.00000161. The van der Waals surface area contributed by atoms with E-state index in [9.17, 15) is 4.39 Å². The number of halogens is 2. The van der Waals surface area contributed by atoms with Gasteiger partial charge >= 0.3 is 0 Å². The van der Waals surface area contributed by atoms with E-state index in [-0.39, 0.29) is 35.2 Å². The lowest BCUT2D eigenvalue weighted by molar-refractivity contribution is 0.616. The predicted octanol–water partition coefficient (Wildman–Crippen LogP) is 3.05. The van der Waals surface area contributed by atoms with Crippen LogP contribution in [0.25, 0.3) is 0 Å². The van der Waals surface area contributed by atoms with Crippen molar-refractivity contribution in [2.75, 3.05) is 20.1 Å². The van der Waals surface area contributed by atoms with E-state index >= 15 is 0 Å². The minimum atomic E-state index is -0.167. The number of benzene rings is 1. The molecule has 2 saturated carbocycles. The Labute approximate surface area is 142 Å². The summed E-state index contributed by atoms with van der Waals surface area (Å²) < 4.78 is 13.0. The minimum absolute atomic E-state index is 0. The maximum atomic E-state index is 13.0. The van der Waals surface area contributed by atoms with E-state index in [1.807, 2.05) is 12.1 Å². The number of nitrogens with one attached hydrogen (secondary N) is 2. The fraction of sp³-hybridized carbons (Fsp3) is 0.562. The van der Waals surface area contributed by atoms with Crippen molar-refractivity contribution < 1.29 is 4.39 Å². The molecular weight excluding hydrogens is 380 g/mol. The van der Waals surface area contributed by atoms with Crippen LogP contribution in [0.3, 0.4) is 0 Å². The summed E-state index contributed by atoms with van der Waals surface area (Å²) in [6.07, 6.45) is 4.99. The number of aliphatic imine (C=N–C) groups is 1. The Morgan fingerprint density at radius 1 is 1.24 bits per heavy atom. The standard InChI is InChI=1S/C16H22FN3.HI/c1-18-15(19-10-12-2-3-12)20-11-16(8-9-16)13-4-6-14(17)7-5-13;/h4-7,12H,2-3,8-11H2,1H3,(H2,18,19,20);1H. The van der Waals surface area contributed by atoms with Gasteiger partial charge in [-0.1, -0.05) is 12.1 Å². The Morgan fingerprint density at radius 2 is 1.90 bits per heavy atom. The molecule has 2 N–H and O–H groups in total. The van der Waals surface area contributed by atoms with Crippen LogP contribution in [0.2, 0.25) is 0 Å². The van der Waals surface area contributed by atoms with E-state index < -0.39 is 0 Å². The molecule has 0 saturated heterocycles. The van der Waals surface area contributed by atoms with Crippen molar-refractivity contribution in [3.8, 4) is 0 Å². The molecule has 2 aliphatic rings. The topological polar surface area (TPSA) is 36.4 Å². The highest BCUT2D eigenvalue weighted by atomic mass is 127. The van der Waals surface area contributed by atoms with Crippen LogP contribution in [-0.4, -0.2) is 26.1 Å². The largest absolute Gasteiger partial charge is 0.356 e. The van der Waals surface area contributed by atoms with Gasteiger partial charge in [-0.2, -0.15) is 0 Å². The van der Waals surface area contributed by atoms with Gasteiger partial charge in [0.1, 0.15) is 5.82 Å². The molecule has 2 fully saturated rings. The van der Waals surface area contributed by atoms with Crippen LogP contribution in [0.4, 0.5) is 4.39 Å². The molecule has 0 atom stereocenters. The summed E-state index contributed by atoms with van der Waals surface area (Å²) in [5.74, 6) is 1.55. The molecule has 1 aromatic carbocycles. The maximum Gasteiger partial charge on any atom is 0.191 e. The van der Waals surface area contributed by atoms with Crippen molar-refractivity contribution in [2.24, 2.45) is 10.9 Å². The van der Waals surface area contributed by atoms with E-state index in [4.69, 9.17) is 0 Å². The third-order valence-corrected chi connectivity index (χ3v) is 4.38.